The summed E-state index contributed by atoms with van der Waals surface area (Å²) >= 11 is 5.17. The van der Waals surface area contributed by atoms with E-state index in [-0.39, 0.29) is 11.0 Å². The van der Waals surface area contributed by atoms with E-state index in [0.29, 0.717) is 18.1 Å². The number of carbonyl (C=O) groups is 1. The third-order valence-electron chi connectivity index (χ3n) is 3.67. The first-order chi connectivity index (χ1) is 12.7. The largest absolute Gasteiger partial charge is 0.300 e. The number of amides is 1. The van der Waals surface area contributed by atoms with Crippen LogP contribution in [-0.4, -0.2) is 31.2 Å². The van der Waals surface area contributed by atoms with E-state index in [4.69, 9.17) is 12.2 Å². The van der Waals surface area contributed by atoms with Crippen molar-refractivity contribution in [3.8, 4) is 11.1 Å². The van der Waals surface area contributed by atoms with Gasteiger partial charge in [-0.15, -0.1) is 0 Å². The molecular weight excluding hydrogens is 348 g/mol. The van der Waals surface area contributed by atoms with Crippen LogP contribution >= 0.6 is 12.2 Å². The molecule has 0 spiro atoms. The Balaban J connectivity index is 1.62. The van der Waals surface area contributed by atoms with Crippen molar-refractivity contribution in [3.63, 3.8) is 0 Å². The van der Waals surface area contributed by atoms with E-state index in [1.165, 1.54) is 0 Å². The third-order valence-corrected chi connectivity index (χ3v) is 3.88. The third kappa shape index (κ3) is 4.28. The van der Waals surface area contributed by atoms with E-state index in [2.05, 4.69) is 26.2 Å². The summed E-state index contributed by atoms with van der Waals surface area (Å²) in [6.07, 6.45) is 0.882. The molecule has 8 heteroatoms. The number of rotatable bonds is 5. The fraction of sp³-hybridized carbons (Fsp3) is 0.167. The van der Waals surface area contributed by atoms with Gasteiger partial charge in [0.2, 0.25) is 5.95 Å². The van der Waals surface area contributed by atoms with Crippen LogP contribution in [0.2, 0.25) is 0 Å². The average molecular weight is 366 g/mol. The van der Waals surface area contributed by atoms with Crippen molar-refractivity contribution in [2.75, 3.05) is 5.32 Å². The molecule has 3 rings (SSSR count). The van der Waals surface area contributed by atoms with Crippen LogP contribution in [0.15, 0.2) is 54.6 Å². The Bertz CT molecular complexity index is 892. The molecule has 1 aromatic heterocycles. The summed E-state index contributed by atoms with van der Waals surface area (Å²) in [5, 5.41) is 16.9. The molecule has 0 aliphatic carbocycles. The Morgan fingerprint density at radius 3 is 2.46 bits per heavy atom. The van der Waals surface area contributed by atoms with Crippen LogP contribution in [0.5, 0.6) is 0 Å². The molecular formula is C18H18N6OS. The molecule has 1 amide bonds. The Labute approximate surface area is 156 Å². The van der Waals surface area contributed by atoms with E-state index in [9.17, 15) is 4.79 Å². The van der Waals surface area contributed by atoms with Crippen LogP contribution in [0, 0.1) is 0 Å². The van der Waals surface area contributed by atoms with Crippen LogP contribution in [0.25, 0.3) is 11.1 Å². The van der Waals surface area contributed by atoms with Gasteiger partial charge in [0.25, 0.3) is 5.91 Å². The van der Waals surface area contributed by atoms with Gasteiger partial charge in [0.15, 0.2) is 5.11 Å². The lowest BCUT2D eigenvalue weighted by molar-refractivity contribution is 0.0977. The van der Waals surface area contributed by atoms with Crippen LogP contribution in [0.3, 0.4) is 0 Å². The number of anilines is 1. The number of benzene rings is 2. The maximum absolute atomic E-state index is 12.3. The molecule has 7 nitrogen and oxygen atoms in total. The summed E-state index contributed by atoms with van der Waals surface area (Å²) in [6.45, 7) is 2.68. The van der Waals surface area contributed by atoms with Gasteiger partial charge in [0.05, 0.1) is 0 Å². The smallest absolute Gasteiger partial charge is 0.257 e. The number of tetrazole rings is 1. The van der Waals surface area contributed by atoms with E-state index in [1.54, 1.807) is 16.8 Å². The first-order valence-electron chi connectivity index (χ1n) is 8.21. The molecule has 2 aromatic carbocycles. The lowest BCUT2D eigenvalue weighted by Gasteiger charge is -2.09. The van der Waals surface area contributed by atoms with Crippen molar-refractivity contribution >= 4 is 29.2 Å². The highest BCUT2D eigenvalue weighted by atomic mass is 32.1. The van der Waals surface area contributed by atoms with Gasteiger partial charge < -0.3 is 0 Å². The number of hydrogen-bond donors (Lipinski definition) is 2. The quantitative estimate of drug-likeness (QED) is 0.676. The summed E-state index contributed by atoms with van der Waals surface area (Å²) in [7, 11) is 0. The molecule has 2 N–H and O–H groups in total. The second-order valence-electron chi connectivity index (χ2n) is 5.58. The highest BCUT2D eigenvalue weighted by Gasteiger charge is 2.11. The van der Waals surface area contributed by atoms with E-state index < -0.39 is 0 Å². The highest BCUT2D eigenvalue weighted by Crippen LogP contribution is 2.19. The highest BCUT2D eigenvalue weighted by molar-refractivity contribution is 7.80. The summed E-state index contributed by atoms with van der Waals surface area (Å²) in [5.74, 6) is 0.105. The monoisotopic (exact) mass is 366 g/mol. The summed E-state index contributed by atoms with van der Waals surface area (Å²) in [4.78, 5) is 12.3. The molecule has 0 saturated carbocycles. The Kier molecular flexibility index (Phi) is 5.65. The first-order valence-corrected chi connectivity index (χ1v) is 8.62. The molecule has 0 aliphatic heterocycles. The molecule has 26 heavy (non-hydrogen) atoms. The van der Waals surface area contributed by atoms with Crippen LogP contribution < -0.4 is 10.6 Å². The maximum Gasteiger partial charge on any atom is 0.257 e. The lowest BCUT2D eigenvalue weighted by Crippen LogP contribution is -2.35. The Morgan fingerprint density at radius 1 is 1.08 bits per heavy atom. The molecule has 0 unspecified atom stereocenters. The fourth-order valence-corrected chi connectivity index (χ4v) is 2.59. The van der Waals surface area contributed by atoms with Gasteiger partial charge in [0, 0.05) is 12.1 Å². The molecule has 0 radical (unpaired) electrons. The van der Waals surface area contributed by atoms with Gasteiger partial charge in [-0.1, -0.05) is 54.5 Å². The molecule has 132 valence electrons. The van der Waals surface area contributed by atoms with Crippen molar-refractivity contribution in [1.29, 1.82) is 0 Å². The van der Waals surface area contributed by atoms with Gasteiger partial charge in [0.1, 0.15) is 0 Å². The van der Waals surface area contributed by atoms with Crippen molar-refractivity contribution in [2.45, 2.75) is 19.9 Å². The van der Waals surface area contributed by atoms with Crippen LogP contribution in [0.4, 0.5) is 5.95 Å². The second kappa shape index (κ2) is 8.30. The Hall–Kier alpha value is -3.13. The lowest BCUT2D eigenvalue weighted by atomic mass is 10.0. The zero-order valence-electron chi connectivity index (χ0n) is 14.2. The zero-order chi connectivity index (χ0) is 18.4. The molecule has 1 heterocycles. The van der Waals surface area contributed by atoms with E-state index in [1.807, 2.05) is 49.4 Å². The number of carbonyl (C=O) groups excluding carboxylic acids is 1. The van der Waals surface area contributed by atoms with Gasteiger partial charge in [-0.2, -0.15) is 0 Å². The number of aromatic nitrogens is 4. The van der Waals surface area contributed by atoms with Gasteiger partial charge in [-0.3, -0.25) is 15.4 Å². The minimum atomic E-state index is -0.295. The standard InChI is InChI=1S/C18H18N6OS/c1-2-12-24-17(21-22-23-24)20-18(26)19-16(25)15-10-8-14(9-11-15)13-6-4-3-5-7-13/h3-11H,2,12H2,1H3,(H2,19,20,21,23,25,26). The molecule has 3 aromatic rings. The van der Waals surface area contributed by atoms with Crippen LogP contribution in [-0.2, 0) is 6.54 Å². The SMILES string of the molecule is CCCn1nnnc1NC(=S)NC(=O)c1ccc(-c2ccccc2)cc1. The summed E-state index contributed by atoms with van der Waals surface area (Å²) < 4.78 is 1.59. The predicted molar refractivity (Wildman–Crippen MR) is 104 cm³/mol. The van der Waals surface area contributed by atoms with Crippen molar-refractivity contribution in [1.82, 2.24) is 25.5 Å². The number of nitrogens with one attached hydrogen (secondary N) is 2. The molecule has 0 fully saturated rings. The molecule has 0 atom stereocenters. The average Bonchev–Trinajstić information content (AvgIpc) is 3.09. The Morgan fingerprint density at radius 2 is 1.77 bits per heavy atom. The second-order valence-corrected chi connectivity index (χ2v) is 5.99. The van der Waals surface area contributed by atoms with Crippen LogP contribution in [0.1, 0.15) is 23.7 Å². The van der Waals surface area contributed by atoms with E-state index in [0.717, 1.165) is 17.5 Å². The molecule has 0 bridgehead atoms. The number of hydrogen-bond acceptors (Lipinski definition) is 5. The zero-order valence-corrected chi connectivity index (χ0v) is 15.0. The number of thiocarbonyl (C=S) groups is 1. The maximum atomic E-state index is 12.3. The molecule has 0 saturated heterocycles. The predicted octanol–water partition coefficient (Wildman–Crippen LogP) is 2.88. The van der Waals surface area contributed by atoms with Gasteiger partial charge in [-0.25, -0.2) is 4.68 Å². The minimum absolute atomic E-state index is 0.147. The van der Waals surface area contributed by atoms with Crippen molar-refractivity contribution < 1.29 is 4.79 Å². The van der Waals surface area contributed by atoms with Gasteiger partial charge in [-0.05, 0) is 52.3 Å². The van der Waals surface area contributed by atoms with Gasteiger partial charge >= 0.3 is 0 Å². The van der Waals surface area contributed by atoms with Crippen molar-refractivity contribution in [2.24, 2.45) is 0 Å². The first kappa shape index (κ1) is 17.7. The van der Waals surface area contributed by atoms with Crippen molar-refractivity contribution in [3.05, 3.63) is 60.2 Å². The number of nitrogens with zero attached hydrogens (tertiary/aromatic N) is 4. The summed E-state index contributed by atoms with van der Waals surface area (Å²) in [6, 6.07) is 17.3. The number of aryl methyl sites for hydroxylation is 1. The van der Waals surface area contributed by atoms with E-state index >= 15 is 0 Å². The fourth-order valence-electron chi connectivity index (χ4n) is 2.41. The normalized spacial score (nSPS) is 10.3. The molecule has 0 aliphatic rings. The summed E-state index contributed by atoms with van der Waals surface area (Å²) in [5.41, 5.74) is 2.66. The topological polar surface area (TPSA) is 84.7 Å². The minimum Gasteiger partial charge on any atom is -0.300 e.